The third-order valence-electron chi connectivity index (χ3n) is 17.1. The maximum Gasteiger partial charge on any atom is 0.0502 e. The lowest BCUT2D eigenvalue weighted by atomic mass is 9.70. The number of hydrogen-bond acceptors (Lipinski definition) is 2. The van der Waals surface area contributed by atoms with Crippen LogP contribution in [0.15, 0.2) is 218 Å². The summed E-state index contributed by atoms with van der Waals surface area (Å²) in [6, 6.07) is 74.0. The summed E-state index contributed by atoms with van der Waals surface area (Å²) in [5, 5.41) is 7.46. The highest BCUT2D eigenvalue weighted by atomic mass is 15.2. The van der Waals surface area contributed by atoms with Gasteiger partial charge in [-0.15, -0.1) is 0 Å². The summed E-state index contributed by atoms with van der Waals surface area (Å²) in [7, 11) is 0. The van der Waals surface area contributed by atoms with Gasteiger partial charge in [-0.3, -0.25) is 0 Å². The van der Waals surface area contributed by atoms with Gasteiger partial charge in [-0.1, -0.05) is 193 Å². The number of hydrogen-bond donors (Lipinski definition) is 0. The maximum atomic E-state index is 2.56. The van der Waals surface area contributed by atoms with E-state index in [1.165, 1.54) is 128 Å². The van der Waals surface area contributed by atoms with Crippen molar-refractivity contribution in [3.63, 3.8) is 0 Å². The van der Waals surface area contributed by atoms with Crippen molar-refractivity contribution in [3.05, 3.63) is 245 Å². The topological polar surface area (TPSA) is 6.48 Å². The van der Waals surface area contributed by atoms with Gasteiger partial charge in [-0.2, -0.15) is 0 Å². The molecule has 0 N–H and O–H groups in total. The minimum atomic E-state index is -0.161. The van der Waals surface area contributed by atoms with Gasteiger partial charge in [-0.25, -0.2) is 0 Å². The van der Waals surface area contributed by atoms with Crippen molar-refractivity contribution in [1.29, 1.82) is 0 Å². The second kappa shape index (κ2) is 15.0. The predicted octanol–water partition coefficient (Wildman–Crippen LogP) is 18.9. The Kier molecular flexibility index (Phi) is 8.89. The highest BCUT2D eigenvalue weighted by molar-refractivity contribution is 6.25. The van der Waals surface area contributed by atoms with Crippen molar-refractivity contribution in [2.45, 2.75) is 70.6 Å². The van der Waals surface area contributed by atoms with Crippen LogP contribution in [0.2, 0.25) is 0 Å². The fourth-order valence-corrected chi connectivity index (χ4v) is 13.6. The van der Waals surface area contributed by atoms with Gasteiger partial charge >= 0.3 is 0 Å². The van der Waals surface area contributed by atoms with Crippen LogP contribution in [0.4, 0.5) is 28.4 Å². The van der Waals surface area contributed by atoms with Crippen LogP contribution in [-0.2, 0) is 16.2 Å². The lowest BCUT2D eigenvalue weighted by Gasteiger charge is -2.44. The SMILES string of the molecule is CC1(C)C2=C(C=CCC2)N(c2ccc3c(-c4cccc5ccccc45)c4cc(N5c6ccccc6C(C)(C)c6ccccc65)ccc4c(-c4ccc5c(c4)C(C)(C)c4ccccc4-5)c3c2)c2ccccc21. The second-order valence-corrected chi connectivity index (χ2v) is 21.9. The summed E-state index contributed by atoms with van der Waals surface area (Å²) in [5.74, 6) is 0. The smallest absolute Gasteiger partial charge is 0.0502 e. The molecule has 0 saturated heterocycles. The molecule has 0 saturated carbocycles. The minimum absolute atomic E-state index is 0.0788. The molecule has 14 rings (SSSR count). The molecule has 71 heavy (non-hydrogen) atoms. The highest BCUT2D eigenvalue weighted by Gasteiger charge is 2.40. The van der Waals surface area contributed by atoms with E-state index in [-0.39, 0.29) is 16.2 Å². The number of para-hydroxylation sites is 3. The first-order valence-electron chi connectivity index (χ1n) is 25.6. The van der Waals surface area contributed by atoms with E-state index in [0.717, 1.165) is 18.5 Å². The van der Waals surface area contributed by atoms with Gasteiger partial charge < -0.3 is 9.80 Å². The van der Waals surface area contributed by atoms with Crippen molar-refractivity contribution in [1.82, 2.24) is 0 Å². The second-order valence-electron chi connectivity index (χ2n) is 21.9. The van der Waals surface area contributed by atoms with E-state index < -0.39 is 0 Å². The standard InChI is InChI=1S/C69H56N2/c1-67(2)55-25-10-9-23-48(55)49-37-34-44(40-60(49)67)65-51-38-35-46(71-63-32-17-13-28-58(63)69(5,6)59-29-14-18-33-64(59)71)42-54(51)66(50-24-19-21-43-20-7-8-22-47(43)50)52-39-36-45(41-53(52)65)70-61-30-15-11-26-56(61)68(3,4)57-27-12-16-31-62(57)70/h7-11,13-26,28-42H,12,27H2,1-6H3. The third-order valence-corrected chi connectivity index (χ3v) is 17.1. The number of rotatable bonds is 4. The Morgan fingerprint density at radius 1 is 0.366 bits per heavy atom. The molecule has 0 bridgehead atoms. The monoisotopic (exact) mass is 912 g/mol. The molecule has 342 valence electrons. The number of allylic oxidation sites excluding steroid dienone is 3. The first kappa shape index (κ1) is 42.0. The van der Waals surface area contributed by atoms with E-state index in [4.69, 9.17) is 0 Å². The van der Waals surface area contributed by atoms with Gasteiger partial charge in [0.05, 0.1) is 17.1 Å². The van der Waals surface area contributed by atoms with Crippen LogP contribution in [0.5, 0.6) is 0 Å². The van der Waals surface area contributed by atoms with Crippen molar-refractivity contribution in [2.75, 3.05) is 9.80 Å². The average molecular weight is 913 g/mol. The zero-order valence-electron chi connectivity index (χ0n) is 41.4. The number of nitrogens with zero attached hydrogens (tertiary/aromatic N) is 2. The first-order chi connectivity index (χ1) is 34.5. The average Bonchev–Trinajstić information content (AvgIpc) is 3.63. The minimum Gasteiger partial charge on any atom is -0.310 e. The van der Waals surface area contributed by atoms with Gasteiger partial charge in [0.2, 0.25) is 0 Å². The molecular formula is C69H56N2. The van der Waals surface area contributed by atoms with Crippen LogP contribution < -0.4 is 9.80 Å². The largest absolute Gasteiger partial charge is 0.310 e. The van der Waals surface area contributed by atoms with Gasteiger partial charge in [0.1, 0.15) is 0 Å². The van der Waals surface area contributed by atoms with Crippen LogP contribution >= 0.6 is 0 Å². The quantitative estimate of drug-likeness (QED) is 0.162. The Morgan fingerprint density at radius 3 is 1.61 bits per heavy atom. The van der Waals surface area contributed by atoms with E-state index in [1.54, 1.807) is 0 Å². The van der Waals surface area contributed by atoms with Crippen molar-refractivity contribution < 1.29 is 0 Å². The van der Waals surface area contributed by atoms with Crippen LogP contribution in [0.3, 0.4) is 0 Å². The summed E-state index contributed by atoms with van der Waals surface area (Å²) in [5.41, 5.74) is 22.9. The molecule has 10 aromatic rings. The van der Waals surface area contributed by atoms with Gasteiger partial charge in [0.25, 0.3) is 0 Å². The van der Waals surface area contributed by atoms with Crippen LogP contribution in [0.25, 0.3) is 65.7 Å². The van der Waals surface area contributed by atoms with E-state index in [1.807, 2.05) is 0 Å². The summed E-state index contributed by atoms with van der Waals surface area (Å²) in [6.07, 6.45) is 6.88. The molecule has 2 aliphatic heterocycles. The number of benzene rings is 10. The van der Waals surface area contributed by atoms with E-state index >= 15 is 0 Å². The summed E-state index contributed by atoms with van der Waals surface area (Å²) < 4.78 is 0. The molecule has 0 unspecified atom stereocenters. The Balaban J connectivity index is 1.11. The molecule has 4 aliphatic rings. The molecule has 10 aromatic carbocycles. The van der Waals surface area contributed by atoms with E-state index in [2.05, 4.69) is 258 Å². The van der Waals surface area contributed by atoms with Crippen molar-refractivity contribution >= 4 is 60.8 Å². The van der Waals surface area contributed by atoms with E-state index in [0.29, 0.717) is 0 Å². The molecule has 2 aliphatic carbocycles. The molecule has 0 atom stereocenters. The molecule has 0 radical (unpaired) electrons. The molecular weight excluding hydrogens is 857 g/mol. The molecule has 0 fully saturated rings. The van der Waals surface area contributed by atoms with Crippen LogP contribution in [0.1, 0.15) is 82.2 Å². The summed E-state index contributed by atoms with van der Waals surface area (Å²) in [6.45, 7) is 14.4. The molecule has 0 aromatic heterocycles. The lowest BCUT2D eigenvalue weighted by Crippen LogP contribution is -2.34. The third kappa shape index (κ3) is 5.88. The van der Waals surface area contributed by atoms with Crippen molar-refractivity contribution in [2.24, 2.45) is 0 Å². The Labute approximate surface area is 417 Å². The van der Waals surface area contributed by atoms with Gasteiger partial charge in [-0.05, 0) is 167 Å². The van der Waals surface area contributed by atoms with Crippen molar-refractivity contribution in [3.8, 4) is 33.4 Å². The molecule has 0 spiro atoms. The number of fused-ring (bicyclic) bond motifs is 9. The Morgan fingerprint density at radius 2 is 0.887 bits per heavy atom. The summed E-state index contributed by atoms with van der Waals surface area (Å²) in [4.78, 5) is 5.08. The fraction of sp³-hybridized carbons (Fsp3) is 0.159. The zero-order valence-corrected chi connectivity index (χ0v) is 41.4. The zero-order chi connectivity index (χ0) is 48.0. The van der Waals surface area contributed by atoms with Gasteiger partial charge in [0.15, 0.2) is 0 Å². The fourth-order valence-electron chi connectivity index (χ4n) is 13.6. The number of anilines is 5. The molecule has 2 heterocycles. The first-order valence-corrected chi connectivity index (χ1v) is 25.6. The van der Waals surface area contributed by atoms with Crippen LogP contribution in [-0.4, -0.2) is 0 Å². The summed E-state index contributed by atoms with van der Waals surface area (Å²) >= 11 is 0. The Bertz CT molecular complexity index is 3930. The highest BCUT2D eigenvalue weighted by Crippen LogP contribution is 2.57. The maximum absolute atomic E-state index is 2.56. The molecule has 0 amide bonds. The Hall–Kier alpha value is -7.94. The van der Waals surface area contributed by atoms with Crippen LogP contribution in [0, 0.1) is 0 Å². The normalized spacial score (nSPS) is 16.6. The molecule has 2 heteroatoms. The lowest BCUT2D eigenvalue weighted by molar-refractivity contribution is 0.571. The molecule has 2 nitrogen and oxygen atoms in total. The van der Waals surface area contributed by atoms with E-state index in [9.17, 15) is 0 Å². The van der Waals surface area contributed by atoms with Gasteiger partial charge in [0, 0.05) is 33.3 Å². The predicted molar refractivity (Wildman–Crippen MR) is 301 cm³/mol.